The number of hydrogen-bond donors (Lipinski definition) is 2. The highest BCUT2D eigenvalue weighted by atomic mass is 19.4. The Labute approximate surface area is 130 Å². The largest absolute Gasteiger partial charge is 0.507 e. The molecule has 0 aliphatic rings. The molecule has 7 nitrogen and oxygen atoms in total. The maximum atomic E-state index is 13.0. The molecule has 0 fully saturated rings. The van der Waals surface area contributed by atoms with Crippen molar-refractivity contribution in [2.24, 2.45) is 0 Å². The molecule has 2 N–H and O–H groups in total. The van der Waals surface area contributed by atoms with Gasteiger partial charge in [-0.1, -0.05) is 5.10 Å². The fraction of sp³-hybridized carbons (Fsp3) is 0.250. The Bertz CT molecular complexity index is 759. The number of phenolic OH excluding ortho intramolecular Hbond substituents is 1. The van der Waals surface area contributed by atoms with Crippen molar-refractivity contribution in [2.75, 3.05) is 12.4 Å². The number of anilines is 1. The molecule has 24 heavy (non-hydrogen) atoms. The number of methoxy groups -OCH3 is 1. The highest BCUT2D eigenvalue weighted by Gasteiger charge is 2.63. The number of nitrogens with one attached hydrogen (secondary N) is 1. The predicted molar refractivity (Wildman–Crippen MR) is 66.9 cm³/mol. The van der Waals surface area contributed by atoms with E-state index in [0.717, 1.165) is 12.1 Å². The van der Waals surface area contributed by atoms with Gasteiger partial charge in [0.25, 0.3) is 11.8 Å². The molecular weight excluding hydrogens is 345 g/mol. The van der Waals surface area contributed by atoms with Crippen LogP contribution >= 0.6 is 0 Å². The van der Waals surface area contributed by atoms with E-state index in [1.807, 2.05) is 0 Å². The van der Waals surface area contributed by atoms with Crippen LogP contribution in [0.2, 0.25) is 0 Å². The van der Waals surface area contributed by atoms with Crippen molar-refractivity contribution in [3.8, 4) is 11.5 Å². The molecule has 1 aromatic heterocycles. The average molecular weight is 353 g/mol. The number of amides is 1. The van der Waals surface area contributed by atoms with E-state index < -0.39 is 35.7 Å². The topological polar surface area (TPSA) is 97.5 Å². The fourth-order valence-corrected chi connectivity index (χ4v) is 1.52. The first-order valence-electron chi connectivity index (χ1n) is 6.03. The lowest BCUT2D eigenvalue weighted by atomic mass is 10.2. The third kappa shape index (κ3) is 3.21. The summed E-state index contributed by atoms with van der Waals surface area (Å²) in [5.41, 5.74) is -0.321. The lowest BCUT2D eigenvalue weighted by Gasteiger charge is -2.14. The molecule has 12 heteroatoms. The molecule has 1 aromatic carbocycles. The van der Waals surface area contributed by atoms with E-state index in [1.165, 1.54) is 13.2 Å². The Morgan fingerprint density at radius 2 is 1.92 bits per heavy atom. The second kappa shape index (κ2) is 5.94. The van der Waals surface area contributed by atoms with E-state index in [9.17, 15) is 31.9 Å². The summed E-state index contributed by atoms with van der Waals surface area (Å²) < 4.78 is 71.4. The first kappa shape index (κ1) is 17.4. The van der Waals surface area contributed by atoms with Gasteiger partial charge in [-0.05, 0) is 12.1 Å². The molecule has 0 saturated heterocycles. The van der Waals surface area contributed by atoms with Crippen LogP contribution in [0.4, 0.5) is 28.0 Å². The van der Waals surface area contributed by atoms with Crippen LogP contribution in [-0.4, -0.2) is 34.5 Å². The summed E-state index contributed by atoms with van der Waals surface area (Å²) in [6.45, 7) is 0. The third-order valence-electron chi connectivity index (χ3n) is 2.72. The van der Waals surface area contributed by atoms with Crippen molar-refractivity contribution >= 4 is 11.9 Å². The summed E-state index contributed by atoms with van der Waals surface area (Å²) in [4.78, 5) is 11.8. The van der Waals surface area contributed by atoms with Crippen molar-refractivity contribution in [2.45, 2.75) is 12.1 Å². The van der Waals surface area contributed by atoms with Crippen LogP contribution in [0.5, 0.6) is 11.5 Å². The normalized spacial score (nSPS) is 12.1. The SMILES string of the molecule is COc1ccc(C(=O)Nc2nnc(C(F)(F)C(F)(F)F)o2)c(O)c1. The van der Waals surface area contributed by atoms with Gasteiger partial charge >= 0.3 is 18.1 Å². The Morgan fingerprint density at radius 1 is 1.25 bits per heavy atom. The van der Waals surface area contributed by atoms with Gasteiger partial charge in [0.2, 0.25) is 0 Å². The van der Waals surface area contributed by atoms with E-state index in [2.05, 4.69) is 14.6 Å². The van der Waals surface area contributed by atoms with Gasteiger partial charge in [0.1, 0.15) is 11.5 Å². The standard InChI is InChI=1S/C12H8F5N3O4/c1-23-5-2-3-6(7(21)4-5)8(22)18-10-20-19-9(24-10)11(13,14)12(15,16)17/h2-4,21H,1H3,(H,18,20,22). The molecule has 0 radical (unpaired) electrons. The van der Waals surface area contributed by atoms with Crippen molar-refractivity contribution in [1.82, 2.24) is 10.2 Å². The molecule has 0 saturated carbocycles. The summed E-state index contributed by atoms with van der Waals surface area (Å²) in [7, 11) is 1.31. The summed E-state index contributed by atoms with van der Waals surface area (Å²) in [5.74, 6) is -8.75. The number of nitrogens with zero attached hydrogens (tertiary/aromatic N) is 2. The van der Waals surface area contributed by atoms with Gasteiger partial charge < -0.3 is 14.3 Å². The van der Waals surface area contributed by atoms with E-state index in [4.69, 9.17) is 4.74 Å². The molecule has 0 bridgehead atoms. The van der Waals surface area contributed by atoms with Crippen LogP contribution in [0.3, 0.4) is 0 Å². The van der Waals surface area contributed by atoms with Crippen molar-refractivity contribution in [3.63, 3.8) is 0 Å². The first-order valence-corrected chi connectivity index (χ1v) is 6.03. The number of aromatic hydroxyl groups is 1. The molecule has 0 atom stereocenters. The maximum Gasteiger partial charge on any atom is 0.463 e. The fourth-order valence-electron chi connectivity index (χ4n) is 1.52. The van der Waals surface area contributed by atoms with E-state index in [-0.39, 0.29) is 11.3 Å². The monoisotopic (exact) mass is 353 g/mol. The molecule has 130 valence electrons. The highest BCUT2D eigenvalue weighted by Crippen LogP contribution is 2.43. The predicted octanol–water partition coefficient (Wildman–Crippen LogP) is 2.69. The van der Waals surface area contributed by atoms with Gasteiger partial charge in [-0.2, -0.15) is 22.0 Å². The summed E-state index contributed by atoms with van der Waals surface area (Å²) >= 11 is 0. The van der Waals surface area contributed by atoms with Crippen LogP contribution in [0.15, 0.2) is 22.6 Å². The van der Waals surface area contributed by atoms with Crippen LogP contribution in [0, 0.1) is 0 Å². The Morgan fingerprint density at radius 3 is 2.46 bits per heavy atom. The molecule has 2 aromatic rings. The number of rotatable bonds is 4. The Balaban J connectivity index is 2.20. The third-order valence-corrected chi connectivity index (χ3v) is 2.72. The van der Waals surface area contributed by atoms with Crippen LogP contribution in [0.1, 0.15) is 16.2 Å². The average Bonchev–Trinajstić information content (AvgIpc) is 2.94. The summed E-state index contributed by atoms with van der Waals surface area (Å²) in [6.07, 6.45) is -5.94. The first-order chi connectivity index (χ1) is 11.1. The molecule has 0 spiro atoms. The molecule has 0 aliphatic carbocycles. The maximum absolute atomic E-state index is 13.0. The van der Waals surface area contributed by atoms with E-state index >= 15 is 0 Å². The number of benzene rings is 1. The zero-order chi connectivity index (χ0) is 18.1. The minimum atomic E-state index is -5.94. The number of carbonyl (C=O) groups excluding carboxylic acids is 1. The number of hydrogen-bond acceptors (Lipinski definition) is 6. The molecular formula is C12H8F5N3O4. The summed E-state index contributed by atoms with van der Waals surface area (Å²) in [5, 5.41) is 16.9. The molecule has 1 amide bonds. The number of carbonyl (C=O) groups is 1. The number of phenols is 1. The zero-order valence-corrected chi connectivity index (χ0v) is 11.7. The number of halogens is 5. The van der Waals surface area contributed by atoms with Gasteiger partial charge in [0, 0.05) is 6.07 Å². The zero-order valence-electron chi connectivity index (χ0n) is 11.7. The number of alkyl halides is 5. The smallest absolute Gasteiger partial charge is 0.463 e. The Kier molecular flexibility index (Phi) is 4.32. The van der Waals surface area contributed by atoms with Crippen LogP contribution < -0.4 is 10.1 Å². The highest BCUT2D eigenvalue weighted by molar-refractivity contribution is 6.05. The van der Waals surface area contributed by atoms with Gasteiger partial charge in [-0.3, -0.25) is 10.1 Å². The van der Waals surface area contributed by atoms with Gasteiger partial charge in [0.05, 0.1) is 12.7 Å². The minimum absolute atomic E-state index is 0.231. The number of ether oxygens (including phenoxy) is 1. The Hall–Kier alpha value is -2.92. The van der Waals surface area contributed by atoms with Crippen molar-refractivity contribution < 1.29 is 41.0 Å². The quantitative estimate of drug-likeness (QED) is 0.821. The molecule has 0 unspecified atom stereocenters. The molecule has 1 heterocycles. The minimum Gasteiger partial charge on any atom is -0.507 e. The lowest BCUT2D eigenvalue weighted by Crippen LogP contribution is -2.34. The van der Waals surface area contributed by atoms with Gasteiger partial charge in [-0.15, -0.1) is 5.10 Å². The van der Waals surface area contributed by atoms with E-state index in [1.54, 1.807) is 5.32 Å². The van der Waals surface area contributed by atoms with Crippen LogP contribution in [-0.2, 0) is 5.92 Å². The van der Waals surface area contributed by atoms with Crippen molar-refractivity contribution in [1.29, 1.82) is 0 Å². The molecule has 2 rings (SSSR count). The second-order valence-corrected chi connectivity index (χ2v) is 4.32. The van der Waals surface area contributed by atoms with E-state index in [0.29, 0.717) is 0 Å². The van der Waals surface area contributed by atoms with Crippen molar-refractivity contribution in [3.05, 3.63) is 29.7 Å². The number of aromatic nitrogens is 2. The lowest BCUT2D eigenvalue weighted by molar-refractivity contribution is -0.297. The second-order valence-electron chi connectivity index (χ2n) is 4.32. The van der Waals surface area contributed by atoms with Gasteiger partial charge in [-0.25, -0.2) is 0 Å². The van der Waals surface area contributed by atoms with Gasteiger partial charge in [0.15, 0.2) is 0 Å². The van der Waals surface area contributed by atoms with Crippen LogP contribution in [0.25, 0.3) is 0 Å². The summed E-state index contributed by atoms with van der Waals surface area (Å²) in [6, 6.07) is 2.54. The molecule has 0 aliphatic heterocycles.